The Morgan fingerprint density at radius 3 is 2.40 bits per heavy atom. The topological polar surface area (TPSA) is 55.4 Å². The number of thiophene rings is 1. The first-order chi connectivity index (χ1) is 12.0. The van der Waals surface area contributed by atoms with Crippen LogP contribution in [0, 0.1) is 0 Å². The van der Waals surface area contributed by atoms with E-state index in [1.165, 1.54) is 11.3 Å². The van der Waals surface area contributed by atoms with Crippen molar-refractivity contribution in [3.05, 3.63) is 52.4 Å². The molecule has 0 unspecified atom stereocenters. The molecule has 1 aromatic carbocycles. The fraction of sp³-hybridized carbons (Fsp3) is 0.400. The summed E-state index contributed by atoms with van der Waals surface area (Å²) >= 11 is 1.44. The summed E-state index contributed by atoms with van der Waals surface area (Å²) in [6.45, 7) is 8.18. The first-order valence-corrected chi connectivity index (χ1v) is 9.46. The highest BCUT2D eigenvalue weighted by Gasteiger charge is 2.24. The van der Waals surface area contributed by atoms with Crippen LogP contribution >= 0.6 is 11.3 Å². The number of ether oxygens (including phenoxy) is 1. The normalized spacial score (nSPS) is 12.0. The van der Waals surface area contributed by atoms with Crippen molar-refractivity contribution in [1.82, 2.24) is 0 Å². The van der Waals surface area contributed by atoms with Crippen molar-refractivity contribution in [2.75, 3.05) is 11.9 Å². The molecule has 0 aliphatic heterocycles. The van der Waals surface area contributed by atoms with Crippen molar-refractivity contribution in [3.63, 3.8) is 0 Å². The quantitative estimate of drug-likeness (QED) is 0.693. The van der Waals surface area contributed by atoms with Gasteiger partial charge in [-0.2, -0.15) is 0 Å². The van der Waals surface area contributed by atoms with Crippen molar-refractivity contribution >= 4 is 28.2 Å². The van der Waals surface area contributed by atoms with Crippen molar-refractivity contribution in [2.45, 2.75) is 46.0 Å². The summed E-state index contributed by atoms with van der Waals surface area (Å²) in [5.41, 5.74) is 1.41. The van der Waals surface area contributed by atoms with Gasteiger partial charge < -0.3 is 10.1 Å². The Bertz CT molecular complexity index is 722. The average molecular weight is 359 g/mol. The van der Waals surface area contributed by atoms with Gasteiger partial charge in [0.05, 0.1) is 18.1 Å². The van der Waals surface area contributed by atoms with Gasteiger partial charge in [0.25, 0.3) is 0 Å². The summed E-state index contributed by atoms with van der Waals surface area (Å²) in [4.78, 5) is 26.1. The molecule has 4 nitrogen and oxygen atoms in total. The minimum absolute atomic E-state index is 0.101. The fourth-order valence-electron chi connectivity index (χ4n) is 2.60. The second kappa shape index (κ2) is 8.81. The average Bonchev–Trinajstić information content (AvgIpc) is 3.01. The molecule has 2 aromatic rings. The lowest BCUT2D eigenvalue weighted by Crippen LogP contribution is -2.21. The molecule has 1 N–H and O–H groups in total. The zero-order chi connectivity index (χ0) is 18.4. The first-order valence-electron chi connectivity index (χ1n) is 8.64. The number of hydrogen-bond donors (Lipinski definition) is 1. The number of carbonyl (C=O) groups excluding carboxylic acids is 2. The van der Waals surface area contributed by atoms with E-state index in [0.29, 0.717) is 23.6 Å². The van der Waals surface area contributed by atoms with Gasteiger partial charge in [0.15, 0.2) is 0 Å². The van der Waals surface area contributed by atoms with E-state index >= 15 is 0 Å². The van der Waals surface area contributed by atoms with Crippen LogP contribution in [0.2, 0.25) is 0 Å². The molecule has 1 amide bonds. The zero-order valence-electron chi connectivity index (χ0n) is 15.2. The maximum atomic E-state index is 12.8. The summed E-state index contributed by atoms with van der Waals surface area (Å²) in [5.74, 6) is -0.467. The third-order valence-electron chi connectivity index (χ3n) is 3.98. The summed E-state index contributed by atoms with van der Waals surface area (Å²) < 4.78 is 5.13. The molecule has 0 aliphatic carbocycles. The second-order valence-electron chi connectivity index (χ2n) is 6.13. The molecule has 134 valence electrons. The van der Waals surface area contributed by atoms with Crippen LogP contribution in [0.25, 0.3) is 0 Å². The van der Waals surface area contributed by atoms with Crippen LogP contribution in [0.15, 0.2) is 36.4 Å². The minimum Gasteiger partial charge on any atom is -0.462 e. The van der Waals surface area contributed by atoms with Crippen LogP contribution in [0.5, 0.6) is 0 Å². The van der Waals surface area contributed by atoms with Gasteiger partial charge in [-0.3, -0.25) is 4.79 Å². The SMILES string of the molecule is CCOC(=O)c1cc(C(C)C)sc1NC(=O)[C@@H](CC)c1ccccc1. The largest absolute Gasteiger partial charge is 0.462 e. The highest BCUT2D eigenvalue weighted by atomic mass is 32.1. The van der Waals surface area contributed by atoms with Crippen molar-refractivity contribution in [2.24, 2.45) is 0 Å². The van der Waals surface area contributed by atoms with Crippen LogP contribution in [-0.4, -0.2) is 18.5 Å². The lowest BCUT2D eigenvalue weighted by molar-refractivity contribution is -0.117. The molecule has 0 fully saturated rings. The number of nitrogens with one attached hydrogen (secondary N) is 1. The van der Waals surface area contributed by atoms with E-state index in [4.69, 9.17) is 4.74 Å². The number of hydrogen-bond acceptors (Lipinski definition) is 4. The molecule has 0 bridgehead atoms. The van der Waals surface area contributed by atoms with Crippen LogP contribution in [0.1, 0.15) is 66.8 Å². The number of amides is 1. The zero-order valence-corrected chi connectivity index (χ0v) is 16.0. The maximum Gasteiger partial charge on any atom is 0.341 e. The fourth-order valence-corrected chi connectivity index (χ4v) is 3.66. The van der Waals surface area contributed by atoms with Gasteiger partial charge in [-0.05, 0) is 30.9 Å². The molecule has 0 aliphatic rings. The number of rotatable bonds is 7. The van der Waals surface area contributed by atoms with E-state index < -0.39 is 5.97 Å². The molecule has 0 saturated carbocycles. The van der Waals surface area contributed by atoms with Gasteiger partial charge in [0.2, 0.25) is 5.91 Å². The van der Waals surface area contributed by atoms with E-state index in [1.807, 2.05) is 43.3 Å². The lowest BCUT2D eigenvalue weighted by atomic mass is 9.96. The van der Waals surface area contributed by atoms with Crippen LogP contribution < -0.4 is 5.32 Å². The molecule has 25 heavy (non-hydrogen) atoms. The number of esters is 1. The molecule has 1 atom stereocenters. The van der Waals surface area contributed by atoms with Crippen molar-refractivity contribution in [1.29, 1.82) is 0 Å². The molecule has 1 heterocycles. The summed E-state index contributed by atoms with van der Waals surface area (Å²) in [6.07, 6.45) is 0.687. The Kier molecular flexibility index (Phi) is 6.76. The summed E-state index contributed by atoms with van der Waals surface area (Å²) in [7, 11) is 0. The van der Waals surface area contributed by atoms with E-state index in [1.54, 1.807) is 6.92 Å². The minimum atomic E-state index is -0.395. The molecule has 0 radical (unpaired) electrons. The highest BCUT2D eigenvalue weighted by molar-refractivity contribution is 7.16. The Hall–Kier alpha value is -2.14. The van der Waals surface area contributed by atoms with Crippen LogP contribution in [-0.2, 0) is 9.53 Å². The Balaban J connectivity index is 2.28. The standard InChI is InChI=1S/C20H25NO3S/c1-5-15(14-10-8-7-9-11-14)18(22)21-19-16(20(23)24-6-2)12-17(25-19)13(3)4/h7-13,15H,5-6H2,1-4H3,(H,21,22)/t15-/m0/s1. The third-order valence-corrected chi connectivity index (χ3v) is 5.33. The Morgan fingerprint density at radius 1 is 1.16 bits per heavy atom. The molecular formula is C20H25NO3S. The highest BCUT2D eigenvalue weighted by Crippen LogP contribution is 2.34. The smallest absolute Gasteiger partial charge is 0.341 e. The third kappa shape index (κ3) is 4.69. The van der Waals surface area contributed by atoms with Gasteiger partial charge in [-0.1, -0.05) is 51.1 Å². The van der Waals surface area contributed by atoms with Gasteiger partial charge in [0.1, 0.15) is 5.00 Å². The van der Waals surface area contributed by atoms with Crippen molar-refractivity contribution in [3.8, 4) is 0 Å². The molecular weight excluding hydrogens is 334 g/mol. The molecule has 0 spiro atoms. The van der Waals surface area contributed by atoms with E-state index in [0.717, 1.165) is 10.4 Å². The first kappa shape index (κ1) is 19.2. The molecule has 5 heteroatoms. The number of carbonyl (C=O) groups is 2. The number of benzene rings is 1. The van der Waals surface area contributed by atoms with Gasteiger partial charge in [0, 0.05) is 4.88 Å². The maximum absolute atomic E-state index is 12.8. The predicted molar refractivity (Wildman–Crippen MR) is 102 cm³/mol. The van der Waals surface area contributed by atoms with Crippen LogP contribution in [0.4, 0.5) is 5.00 Å². The van der Waals surface area contributed by atoms with Gasteiger partial charge in [-0.25, -0.2) is 4.79 Å². The molecule has 1 aromatic heterocycles. The van der Waals surface area contributed by atoms with Crippen molar-refractivity contribution < 1.29 is 14.3 Å². The van der Waals surface area contributed by atoms with E-state index in [-0.39, 0.29) is 17.7 Å². The summed E-state index contributed by atoms with van der Waals surface area (Å²) in [6, 6.07) is 11.5. The Morgan fingerprint density at radius 2 is 1.84 bits per heavy atom. The second-order valence-corrected chi connectivity index (χ2v) is 7.21. The Labute approximate surface area is 153 Å². The summed E-state index contributed by atoms with van der Waals surface area (Å²) in [5, 5.41) is 3.52. The number of anilines is 1. The van der Waals surface area contributed by atoms with Crippen LogP contribution in [0.3, 0.4) is 0 Å². The molecule has 0 saturated heterocycles. The van der Waals surface area contributed by atoms with Gasteiger partial charge in [-0.15, -0.1) is 11.3 Å². The van der Waals surface area contributed by atoms with Gasteiger partial charge >= 0.3 is 5.97 Å². The van der Waals surface area contributed by atoms with E-state index in [2.05, 4.69) is 19.2 Å². The molecule has 2 rings (SSSR count). The predicted octanol–water partition coefficient (Wildman–Crippen LogP) is 5.18. The monoisotopic (exact) mass is 359 g/mol. The lowest BCUT2D eigenvalue weighted by Gasteiger charge is -2.15. The van der Waals surface area contributed by atoms with E-state index in [9.17, 15) is 9.59 Å².